The molecule has 2 heterocycles. The third-order valence-corrected chi connectivity index (χ3v) is 4.42. The summed E-state index contributed by atoms with van der Waals surface area (Å²) in [7, 11) is 0. The average molecular weight is 392 g/mol. The van der Waals surface area contributed by atoms with Gasteiger partial charge in [0.05, 0.1) is 12.2 Å². The maximum absolute atomic E-state index is 12.9. The molecule has 28 heavy (non-hydrogen) atoms. The van der Waals surface area contributed by atoms with Gasteiger partial charge >= 0.3 is 12.6 Å². The monoisotopic (exact) mass is 392 g/mol. The van der Waals surface area contributed by atoms with E-state index in [0.717, 1.165) is 19.3 Å². The Morgan fingerprint density at radius 3 is 2.86 bits per heavy atom. The smallest absolute Gasteiger partial charge is 0.387 e. The van der Waals surface area contributed by atoms with Gasteiger partial charge in [-0.3, -0.25) is 0 Å². The van der Waals surface area contributed by atoms with Crippen LogP contribution in [-0.2, 0) is 9.53 Å². The standard InChI is InChI=1S/C19H22F2N4O3/c1-3-4-7-10-27-17(26)15-12(2)24-19-22-11-23-25(19)16(15)13-8-5-6-9-14(13)28-18(20)21/h5-6,8-9,11,16,18H,3-4,7,10H2,1-2H3,(H,22,23,24). The van der Waals surface area contributed by atoms with Crippen LogP contribution in [0, 0.1) is 0 Å². The molecule has 0 saturated heterocycles. The summed E-state index contributed by atoms with van der Waals surface area (Å²) >= 11 is 0. The Hall–Kier alpha value is -2.97. The van der Waals surface area contributed by atoms with Crippen molar-refractivity contribution in [3.63, 3.8) is 0 Å². The Morgan fingerprint density at radius 1 is 1.32 bits per heavy atom. The van der Waals surface area contributed by atoms with E-state index in [1.54, 1.807) is 25.1 Å². The number of nitrogens with one attached hydrogen (secondary N) is 1. The second kappa shape index (κ2) is 8.81. The zero-order valence-corrected chi connectivity index (χ0v) is 15.7. The number of halogens is 2. The number of carbonyl (C=O) groups is 1. The fourth-order valence-corrected chi connectivity index (χ4v) is 3.15. The minimum Gasteiger partial charge on any atom is -0.462 e. The van der Waals surface area contributed by atoms with Crippen molar-refractivity contribution in [2.24, 2.45) is 0 Å². The van der Waals surface area contributed by atoms with E-state index in [1.807, 2.05) is 0 Å². The third kappa shape index (κ3) is 4.13. The Balaban J connectivity index is 2.00. The first-order valence-corrected chi connectivity index (χ1v) is 9.11. The summed E-state index contributed by atoms with van der Waals surface area (Å²) in [6.45, 7) is 1.06. The summed E-state index contributed by atoms with van der Waals surface area (Å²) in [5, 5.41) is 7.18. The Bertz CT molecular complexity index is 866. The van der Waals surface area contributed by atoms with Crippen LogP contribution in [0.3, 0.4) is 0 Å². The summed E-state index contributed by atoms with van der Waals surface area (Å²) in [6, 6.07) is 5.53. The molecule has 1 atom stereocenters. The molecule has 0 bridgehead atoms. The molecule has 2 aromatic rings. The maximum atomic E-state index is 12.9. The van der Waals surface area contributed by atoms with Crippen molar-refractivity contribution in [2.75, 3.05) is 11.9 Å². The number of rotatable bonds is 8. The number of esters is 1. The molecule has 0 radical (unpaired) electrons. The van der Waals surface area contributed by atoms with Gasteiger partial charge in [-0.2, -0.15) is 18.9 Å². The van der Waals surface area contributed by atoms with E-state index in [1.165, 1.54) is 17.1 Å². The number of ether oxygens (including phenoxy) is 2. The van der Waals surface area contributed by atoms with E-state index in [4.69, 9.17) is 4.74 Å². The minimum atomic E-state index is -2.99. The van der Waals surface area contributed by atoms with Crippen molar-refractivity contribution >= 4 is 11.9 Å². The number of aromatic nitrogens is 3. The van der Waals surface area contributed by atoms with Gasteiger partial charge in [0.1, 0.15) is 18.1 Å². The second-order valence-electron chi connectivity index (χ2n) is 6.35. The summed E-state index contributed by atoms with van der Waals surface area (Å²) < 4.78 is 37.4. The van der Waals surface area contributed by atoms with Crippen LogP contribution < -0.4 is 10.1 Å². The molecule has 1 aliphatic heterocycles. The van der Waals surface area contributed by atoms with Crippen LogP contribution in [0.4, 0.5) is 14.7 Å². The van der Waals surface area contributed by atoms with Crippen molar-refractivity contribution in [2.45, 2.75) is 45.8 Å². The molecule has 3 rings (SSSR count). The largest absolute Gasteiger partial charge is 0.462 e. The van der Waals surface area contributed by atoms with E-state index in [2.05, 4.69) is 27.1 Å². The van der Waals surface area contributed by atoms with Gasteiger partial charge < -0.3 is 14.8 Å². The number of fused-ring (bicyclic) bond motifs is 1. The second-order valence-corrected chi connectivity index (χ2v) is 6.35. The Labute approximate surface area is 161 Å². The van der Waals surface area contributed by atoms with Gasteiger partial charge in [0, 0.05) is 11.3 Å². The highest BCUT2D eigenvalue weighted by Crippen LogP contribution is 2.39. The molecular formula is C19H22F2N4O3. The normalized spacial score (nSPS) is 16.0. The average Bonchev–Trinajstić information content (AvgIpc) is 3.12. The number of benzene rings is 1. The topological polar surface area (TPSA) is 78.3 Å². The molecular weight excluding hydrogens is 370 g/mol. The van der Waals surface area contributed by atoms with Crippen LogP contribution in [0.2, 0.25) is 0 Å². The number of allylic oxidation sites excluding steroid dienone is 1. The number of hydrogen-bond donors (Lipinski definition) is 1. The SMILES string of the molecule is CCCCCOC(=O)C1=C(C)Nc2ncnn2C1c1ccccc1OC(F)F. The minimum absolute atomic E-state index is 0.0325. The fraction of sp³-hybridized carbons (Fsp3) is 0.421. The van der Waals surface area contributed by atoms with Gasteiger partial charge in [-0.05, 0) is 19.4 Å². The predicted molar refractivity (Wildman–Crippen MR) is 98.0 cm³/mol. The molecule has 0 saturated carbocycles. The first kappa shape index (κ1) is 19.8. The molecule has 1 aromatic heterocycles. The molecule has 1 aliphatic rings. The van der Waals surface area contributed by atoms with E-state index < -0.39 is 18.6 Å². The summed E-state index contributed by atoms with van der Waals surface area (Å²) in [5.74, 6) is -0.161. The highest BCUT2D eigenvalue weighted by Gasteiger charge is 2.36. The van der Waals surface area contributed by atoms with Gasteiger partial charge in [-0.15, -0.1) is 0 Å². The zero-order chi connectivity index (χ0) is 20.1. The molecule has 0 fully saturated rings. The van der Waals surface area contributed by atoms with Gasteiger partial charge in [0.25, 0.3) is 0 Å². The van der Waals surface area contributed by atoms with Crippen molar-refractivity contribution in [1.82, 2.24) is 14.8 Å². The lowest BCUT2D eigenvalue weighted by atomic mass is 9.95. The number of alkyl halides is 2. The van der Waals surface area contributed by atoms with Crippen LogP contribution in [0.15, 0.2) is 41.9 Å². The maximum Gasteiger partial charge on any atom is 0.387 e. The molecule has 0 spiro atoms. The van der Waals surface area contributed by atoms with Gasteiger partial charge in [-0.1, -0.05) is 38.0 Å². The Morgan fingerprint density at radius 2 is 2.11 bits per heavy atom. The molecule has 1 aromatic carbocycles. The van der Waals surface area contributed by atoms with E-state index >= 15 is 0 Å². The van der Waals surface area contributed by atoms with Crippen LogP contribution in [0.5, 0.6) is 5.75 Å². The quantitative estimate of drug-likeness (QED) is 0.542. The molecule has 0 amide bonds. The highest BCUT2D eigenvalue weighted by atomic mass is 19.3. The number of carbonyl (C=O) groups excluding carboxylic acids is 1. The van der Waals surface area contributed by atoms with Crippen LogP contribution in [-0.4, -0.2) is 34.0 Å². The van der Waals surface area contributed by atoms with Crippen molar-refractivity contribution in [1.29, 1.82) is 0 Å². The van der Waals surface area contributed by atoms with Gasteiger partial charge in [-0.25, -0.2) is 9.48 Å². The molecule has 9 heteroatoms. The van der Waals surface area contributed by atoms with E-state index in [9.17, 15) is 13.6 Å². The highest BCUT2D eigenvalue weighted by molar-refractivity contribution is 5.92. The number of unbranched alkanes of at least 4 members (excludes halogenated alkanes) is 2. The fourth-order valence-electron chi connectivity index (χ4n) is 3.15. The Kier molecular flexibility index (Phi) is 6.23. The van der Waals surface area contributed by atoms with Crippen LogP contribution >= 0.6 is 0 Å². The van der Waals surface area contributed by atoms with Crippen LogP contribution in [0.25, 0.3) is 0 Å². The molecule has 1 unspecified atom stereocenters. The lowest BCUT2D eigenvalue weighted by molar-refractivity contribution is -0.139. The summed E-state index contributed by atoms with van der Waals surface area (Å²) in [5.41, 5.74) is 1.17. The number of anilines is 1. The van der Waals surface area contributed by atoms with Crippen molar-refractivity contribution < 1.29 is 23.0 Å². The van der Waals surface area contributed by atoms with Gasteiger partial charge in [0.15, 0.2) is 0 Å². The lowest BCUT2D eigenvalue weighted by Gasteiger charge is -2.29. The van der Waals surface area contributed by atoms with E-state index in [-0.39, 0.29) is 17.9 Å². The summed E-state index contributed by atoms with van der Waals surface area (Å²) in [4.78, 5) is 17.0. The molecule has 150 valence electrons. The first-order valence-electron chi connectivity index (χ1n) is 9.11. The molecule has 0 aliphatic carbocycles. The van der Waals surface area contributed by atoms with Crippen LogP contribution in [0.1, 0.15) is 44.7 Å². The predicted octanol–water partition coefficient (Wildman–Crippen LogP) is 3.90. The molecule has 7 nitrogen and oxygen atoms in total. The zero-order valence-electron chi connectivity index (χ0n) is 15.7. The number of hydrogen-bond acceptors (Lipinski definition) is 6. The third-order valence-electron chi connectivity index (χ3n) is 4.42. The molecule has 1 N–H and O–H groups in total. The van der Waals surface area contributed by atoms with Crippen molar-refractivity contribution in [3.8, 4) is 5.75 Å². The lowest BCUT2D eigenvalue weighted by Crippen LogP contribution is -2.30. The number of nitrogens with zero attached hydrogens (tertiary/aromatic N) is 3. The van der Waals surface area contributed by atoms with Gasteiger partial charge in [0.2, 0.25) is 5.95 Å². The first-order chi connectivity index (χ1) is 13.5. The number of para-hydroxylation sites is 1. The van der Waals surface area contributed by atoms with E-state index in [0.29, 0.717) is 17.2 Å². The van der Waals surface area contributed by atoms with Crippen molar-refractivity contribution in [3.05, 3.63) is 47.4 Å². The summed E-state index contributed by atoms with van der Waals surface area (Å²) in [6.07, 6.45) is 4.04.